The second kappa shape index (κ2) is 5.83. The van der Waals surface area contributed by atoms with Gasteiger partial charge in [-0.15, -0.1) is 0 Å². The van der Waals surface area contributed by atoms with Crippen LogP contribution in [0.1, 0.15) is 25.8 Å². The summed E-state index contributed by atoms with van der Waals surface area (Å²) < 4.78 is 12.6. The van der Waals surface area contributed by atoms with E-state index >= 15 is 0 Å². The summed E-state index contributed by atoms with van der Waals surface area (Å²) >= 11 is 0. The molecule has 0 aliphatic rings. The van der Waals surface area contributed by atoms with Crippen LogP contribution in [-0.4, -0.2) is 17.3 Å². The summed E-state index contributed by atoms with van der Waals surface area (Å²) in [5.74, 6) is -0.212. The molecule has 2 N–H and O–H groups in total. The lowest BCUT2D eigenvalue weighted by Gasteiger charge is -2.15. The molecule has 0 aliphatic heterocycles. The zero-order valence-corrected chi connectivity index (χ0v) is 9.20. The molecular formula is C12H18FNO. The van der Waals surface area contributed by atoms with E-state index in [4.69, 9.17) is 5.11 Å². The van der Waals surface area contributed by atoms with Crippen LogP contribution in [-0.2, 0) is 6.54 Å². The zero-order chi connectivity index (χ0) is 11.3. The normalized spacial score (nSPS) is 14.9. The molecule has 0 spiro atoms. The molecule has 1 rings (SSSR count). The van der Waals surface area contributed by atoms with Crippen LogP contribution >= 0.6 is 0 Å². The van der Waals surface area contributed by atoms with Crippen molar-refractivity contribution in [3.8, 4) is 0 Å². The van der Waals surface area contributed by atoms with Gasteiger partial charge in [-0.3, -0.25) is 0 Å². The largest absolute Gasteiger partial charge is 0.393 e. The van der Waals surface area contributed by atoms with Gasteiger partial charge in [0, 0.05) is 12.6 Å². The van der Waals surface area contributed by atoms with Crippen molar-refractivity contribution in [2.75, 3.05) is 0 Å². The first-order valence-electron chi connectivity index (χ1n) is 5.24. The number of hydrogen-bond donors (Lipinski definition) is 2. The Labute approximate surface area is 90.1 Å². The number of nitrogens with one attached hydrogen (secondary N) is 1. The molecule has 0 amide bonds. The Morgan fingerprint density at radius 2 is 1.87 bits per heavy atom. The number of aliphatic hydroxyl groups excluding tert-OH is 1. The van der Waals surface area contributed by atoms with Crippen molar-refractivity contribution in [2.45, 2.75) is 39.0 Å². The number of halogens is 1. The van der Waals surface area contributed by atoms with Crippen LogP contribution in [0.15, 0.2) is 24.3 Å². The van der Waals surface area contributed by atoms with Crippen LogP contribution < -0.4 is 5.32 Å². The van der Waals surface area contributed by atoms with E-state index in [1.54, 1.807) is 19.1 Å². The minimum Gasteiger partial charge on any atom is -0.393 e. The van der Waals surface area contributed by atoms with E-state index in [-0.39, 0.29) is 18.0 Å². The van der Waals surface area contributed by atoms with Crippen LogP contribution in [0.5, 0.6) is 0 Å². The van der Waals surface area contributed by atoms with Gasteiger partial charge in [0.05, 0.1) is 6.10 Å². The van der Waals surface area contributed by atoms with Crippen molar-refractivity contribution < 1.29 is 9.50 Å². The van der Waals surface area contributed by atoms with Gasteiger partial charge in [-0.05, 0) is 38.0 Å². The Kier molecular flexibility index (Phi) is 4.72. The van der Waals surface area contributed by atoms with Crippen molar-refractivity contribution >= 4 is 0 Å². The van der Waals surface area contributed by atoms with Crippen LogP contribution in [0.4, 0.5) is 4.39 Å². The SMILES string of the molecule is CC(O)CC(C)NCc1ccc(F)cc1. The van der Waals surface area contributed by atoms with E-state index in [1.165, 1.54) is 12.1 Å². The maximum Gasteiger partial charge on any atom is 0.123 e. The van der Waals surface area contributed by atoms with E-state index < -0.39 is 0 Å². The van der Waals surface area contributed by atoms with Gasteiger partial charge in [0.25, 0.3) is 0 Å². The predicted molar refractivity (Wildman–Crippen MR) is 59.0 cm³/mol. The van der Waals surface area contributed by atoms with Crippen molar-refractivity contribution in [1.29, 1.82) is 0 Å². The summed E-state index contributed by atoms with van der Waals surface area (Å²) in [6.07, 6.45) is 0.432. The quantitative estimate of drug-likeness (QED) is 0.781. The molecule has 0 aromatic heterocycles. The number of benzene rings is 1. The highest BCUT2D eigenvalue weighted by Crippen LogP contribution is 2.04. The van der Waals surface area contributed by atoms with Gasteiger partial charge in [-0.1, -0.05) is 12.1 Å². The molecule has 2 atom stereocenters. The van der Waals surface area contributed by atoms with Crippen LogP contribution in [0, 0.1) is 5.82 Å². The molecule has 0 bridgehead atoms. The minimum absolute atomic E-state index is 0.212. The third-order valence-electron chi connectivity index (χ3n) is 2.26. The lowest BCUT2D eigenvalue weighted by atomic mass is 10.1. The lowest BCUT2D eigenvalue weighted by Crippen LogP contribution is -2.28. The molecule has 0 radical (unpaired) electrons. The molecule has 3 heteroatoms. The fourth-order valence-corrected chi connectivity index (χ4v) is 1.49. The van der Waals surface area contributed by atoms with Crippen molar-refractivity contribution in [1.82, 2.24) is 5.32 Å². The van der Waals surface area contributed by atoms with Gasteiger partial charge < -0.3 is 10.4 Å². The summed E-state index contributed by atoms with van der Waals surface area (Å²) in [5, 5.41) is 12.4. The van der Waals surface area contributed by atoms with Gasteiger partial charge in [-0.25, -0.2) is 4.39 Å². The lowest BCUT2D eigenvalue weighted by molar-refractivity contribution is 0.170. The molecule has 2 unspecified atom stereocenters. The Bertz CT molecular complexity index is 284. The van der Waals surface area contributed by atoms with E-state index in [9.17, 15) is 4.39 Å². The molecule has 0 fully saturated rings. The number of hydrogen-bond acceptors (Lipinski definition) is 2. The summed E-state index contributed by atoms with van der Waals surface area (Å²) in [6, 6.07) is 6.69. The molecule has 0 heterocycles. The van der Waals surface area contributed by atoms with Gasteiger partial charge in [-0.2, -0.15) is 0 Å². The highest BCUT2D eigenvalue weighted by Gasteiger charge is 2.04. The predicted octanol–water partition coefficient (Wildman–Crippen LogP) is 2.07. The summed E-state index contributed by atoms with van der Waals surface area (Å²) in [4.78, 5) is 0. The highest BCUT2D eigenvalue weighted by atomic mass is 19.1. The van der Waals surface area contributed by atoms with Crippen LogP contribution in [0.3, 0.4) is 0 Å². The molecule has 1 aromatic rings. The number of aliphatic hydroxyl groups is 1. The monoisotopic (exact) mass is 211 g/mol. The first kappa shape index (κ1) is 12.1. The van der Waals surface area contributed by atoms with Gasteiger partial charge in [0.2, 0.25) is 0 Å². The molecule has 0 aliphatic carbocycles. The van der Waals surface area contributed by atoms with E-state index in [2.05, 4.69) is 5.32 Å². The van der Waals surface area contributed by atoms with Crippen molar-refractivity contribution in [3.63, 3.8) is 0 Å². The van der Waals surface area contributed by atoms with E-state index in [0.29, 0.717) is 6.54 Å². The Hall–Kier alpha value is -0.930. The number of rotatable bonds is 5. The average Bonchev–Trinajstić information content (AvgIpc) is 2.16. The van der Waals surface area contributed by atoms with Gasteiger partial charge in [0.15, 0.2) is 0 Å². The molecule has 84 valence electrons. The van der Waals surface area contributed by atoms with Crippen molar-refractivity contribution in [3.05, 3.63) is 35.6 Å². The fraction of sp³-hybridized carbons (Fsp3) is 0.500. The standard InChI is InChI=1S/C12H18FNO/c1-9(7-10(2)15)14-8-11-3-5-12(13)6-4-11/h3-6,9-10,14-15H,7-8H2,1-2H3. The topological polar surface area (TPSA) is 32.3 Å². The highest BCUT2D eigenvalue weighted by molar-refractivity contribution is 5.15. The van der Waals surface area contributed by atoms with Gasteiger partial charge >= 0.3 is 0 Å². The van der Waals surface area contributed by atoms with Gasteiger partial charge in [0.1, 0.15) is 5.82 Å². The minimum atomic E-state index is -0.291. The zero-order valence-electron chi connectivity index (χ0n) is 9.20. The Morgan fingerprint density at radius 1 is 1.27 bits per heavy atom. The second-order valence-corrected chi connectivity index (χ2v) is 3.99. The molecular weight excluding hydrogens is 193 g/mol. The smallest absolute Gasteiger partial charge is 0.123 e. The second-order valence-electron chi connectivity index (χ2n) is 3.99. The summed E-state index contributed by atoms with van der Waals surface area (Å²) in [6.45, 7) is 4.50. The Balaban J connectivity index is 2.33. The third-order valence-corrected chi connectivity index (χ3v) is 2.26. The first-order chi connectivity index (χ1) is 7.08. The molecule has 2 nitrogen and oxygen atoms in total. The molecule has 0 saturated carbocycles. The summed E-state index contributed by atoms with van der Waals surface area (Å²) in [5.41, 5.74) is 1.05. The van der Waals surface area contributed by atoms with Crippen molar-refractivity contribution in [2.24, 2.45) is 0 Å². The Morgan fingerprint density at radius 3 is 2.40 bits per heavy atom. The average molecular weight is 211 g/mol. The van der Waals surface area contributed by atoms with Crippen LogP contribution in [0.25, 0.3) is 0 Å². The maximum absolute atomic E-state index is 12.6. The molecule has 15 heavy (non-hydrogen) atoms. The van der Waals surface area contributed by atoms with E-state index in [0.717, 1.165) is 12.0 Å². The third kappa shape index (κ3) is 4.91. The maximum atomic E-state index is 12.6. The van der Waals surface area contributed by atoms with E-state index in [1.807, 2.05) is 6.92 Å². The molecule has 1 aromatic carbocycles. The van der Waals surface area contributed by atoms with Crippen LogP contribution in [0.2, 0.25) is 0 Å². The fourth-order valence-electron chi connectivity index (χ4n) is 1.49. The molecule has 0 saturated heterocycles. The summed E-state index contributed by atoms with van der Waals surface area (Å²) in [7, 11) is 0. The first-order valence-corrected chi connectivity index (χ1v) is 5.24.